The molecule has 1 atom stereocenters. The first-order chi connectivity index (χ1) is 11.3. The second kappa shape index (κ2) is 9.12. The second-order valence-corrected chi connectivity index (χ2v) is 7.39. The van der Waals surface area contributed by atoms with Gasteiger partial charge in [0.25, 0.3) is 5.91 Å². The molecule has 0 aliphatic carbocycles. The zero-order valence-corrected chi connectivity index (χ0v) is 16.1. The van der Waals surface area contributed by atoms with Gasteiger partial charge in [-0.25, -0.2) is 8.42 Å². The van der Waals surface area contributed by atoms with E-state index < -0.39 is 10.0 Å². The van der Waals surface area contributed by atoms with Crippen LogP contribution < -0.4 is 24.8 Å². The van der Waals surface area contributed by atoms with E-state index in [1.807, 2.05) is 0 Å². The van der Waals surface area contributed by atoms with Gasteiger partial charge in [-0.3, -0.25) is 9.52 Å². The molecule has 1 aromatic rings. The molecule has 1 fully saturated rings. The molecular formula is C15H24ClN3O5S. The number of halogens is 1. The highest BCUT2D eigenvalue weighted by Crippen LogP contribution is 2.37. The minimum Gasteiger partial charge on any atom is -0.493 e. The maximum Gasteiger partial charge on any atom is 0.251 e. The van der Waals surface area contributed by atoms with Crippen molar-refractivity contribution in [3.63, 3.8) is 0 Å². The molecule has 0 aromatic heterocycles. The fourth-order valence-corrected chi connectivity index (χ4v) is 3.17. The molecule has 1 aliphatic rings. The molecule has 0 bridgehead atoms. The third kappa shape index (κ3) is 5.94. The zero-order chi connectivity index (χ0) is 17.7. The predicted octanol–water partition coefficient (Wildman–Crippen LogP) is 0.979. The Balaban J connectivity index is 0.00000312. The van der Waals surface area contributed by atoms with Gasteiger partial charge in [-0.05, 0) is 31.5 Å². The Morgan fingerprint density at radius 2 is 2.04 bits per heavy atom. The lowest BCUT2D eigenvalue weighted by atomic mass is 10.1. The number of ether oxygens (including phenoxy) is 2. The Kier molecular flexibility index (Phi) is 7.78. The van der Waals surface area contributed by atoms with E-state index in [1.165, 1.54) is 26.4 Å². The first-order valence-electron chi connectivity index (χ1n) is 7.59. The quantitative estimate of drug-likeness (QED) is 0.637. The van der Waals surface area contributed by atoms with Gasteiger partial charge < -0.3 is 20.1 Å². The normalized spacial score (nSPS) is 16.7. The molecule has 1 aliphatic heterocycles. The number of anilines is 1. The molecule has 1 unspecified atom stereocenters. The Bertz CT molecular complexity index is 705. The van der Waals surface area contributed by atoms with Gasteiger partial charge in [0.1, 0.15) is 0 Å². The molecule has 10 heteroatoms. The number of nitrogens with one attached hydrogen (secondary N) is 3. The molecule has 1 saturated heterocycles. The van der Waals surface area contributed by atoms with E-state index in [-0.39, 0.29) is 47.1 Å². The Morgan fingerprint density at radius 3 is 2.56 bits per heavy atom. The molecular weight excluding hydrogens is 370 g/mol. The van der Waals surface area contributed by atoms with Gasteiger partial charge in [0, 0.05) is 18.2 Å². The number of amides is 1. The summed E-state index contributed by atoms with van der Waals surface area (Å²) in [5.41, 5.74) is 0.445. The largest absolute Gasteiger partial charge is 0.493 e. The third-order valence-corrected chi connectivity index (χ3v) is 4.30. The number of hydrogen-bond donors (Lipinski definition) is 3. The Labute approximate surface area is 154 Å². The lowest BCUT2D eigenvalue weighted by Crippen LogP contribution is -2.37. The molecule has 0 saturated carbocycles. The SMILES string of the molecule is COc1cc(C(=O)NCC2CCCN2)cc(NS(C)(=O)=O)c1OC.Cl. The van der Waals surface area contributed by atoms with Crippen molar-refractivity contribution >= 4 is 34.0 Å². The summed E-state index contributed by atoms with van der Waals surface area (Å²) in [6, 6.07) is 3.21. The second-order valence-electron chi connectivity index (χ2n) is 5.64. The standard InChI is InChI=1S/C15H23N3O5S.ClH/c1-22-13-8-10(15(19)17-9-11-5-4-6-16-11)7-12(14(13)23-2)18-24(3,20)21;/h7-8,11,16,18H,4-6,9H2,1-3H3,(H,17,19);1H. The highest BCUT2D eigenvalue weighted by molar-refractivity contribution is 7.92. The van der Waals surface area contributed by atoms with Crippen LogP contribution >= 0.6 is 12.4 Å². The van der Waals surface area contributed by atoms with Gasteiger partial charge in [-0.1, -0.05) is 0 Å². The molecule has 2 rings (SSSR count). The summed E-state index contributed by atoms with van der Waals surface area (Å²) in [7, 11) is -0.707. The Hall–Kier alpha value is -1.71. The maximum atomic E-state index is 12.4. The van der Waals surface area contributed by atoms with E-state index in [1.54, 1.807) is 0 Å². The van der Waals surface area contributed by atoms with Gasteiger partial charge >= 0.3 is 0 Å². The monoisotopic (exact) mass is 393 g/mol. The lowest BCUT2D eigenvalue weighted by Gasteiger charge is -2.16. The average Bonchev–Trinajstić information content (AvgIpc) is 3.03. The van der Waals surface area contributed by atoms with Crippen molar-refractivity contribution in [1.29, 1.82) is 0 Å². The molecule has 0 spiro atoms. The van der Waals surface area contributed by atoms with Crippen LogP contribution in [0.1, 0.15) is 23.2 Å². The van der Waals surface area contributed by atoms with Crippen molar-refractivity contribution in [1.82, 2.24) is 10.6 Å². The van der Waals surface area contributed by atoms with E-state index in [2.05, 4.69) is 15.4 Å². The summed E-state index contributed by atoms with van der Waals surface area (Å²) >= 11 is 0. The van der Waals surface area contributed by atoms with Crippen LogP contribution in [0.15, 0.2) is 12.1 Å². The van der Waals surface area contributed by atoms with Gasteiger partial charge in [-0.2, -0.15) is 0 Å². The van der Waals surface area contributed by atoms with Crippen LogP contribution in [-0.4, -0.2) is 53.9 Å². The third-order valence-electron chi connectivity index (χ3n) is 3.71. The van der Waals surface area contributed by atoms with Crippen molar-refractivity contribution in [3.05, 3.63) is 17.7 Å². The number of carbonyl (C=O) groups is 1. The highest BCUT2D eigenvalue weighted by atomic mass is 35.5. The van der Waals surface area contributed by atoms with Crippen LogP contribution in [-0.2, 0) is 10.0 Å². The van der Waals surface area contributed by atoms with Crippen LogP contribution in [0.5, 0.6) is 11.5 Å². The summed E-state index contributed by atoms with van der Waals surface area (Å²) in [5.74, 6) is 0.188. The summed E-state index contributed by atoms with van der Waals surface area (Å²) in [6.07, 6.45) is 3.14. The van der Waals surface area contributed by atoms with Crippen LogP contribution in [0, 0.1) is 0 Å². The minimum atomic E-state index is -3.53. The van der Waals surface area contributed by atoms with Crippen molar-refractivity contribution < 1.29 is 22.7 Å². The topological polar surface area (TPSA) is 106 Å². The van der Waals surface area contributed by atoms with Gasteiger partial charge in [-0.15, -0.1) is 12.4 Å². The molecule has 8 nitrogen and oxygen atoms in total. The smallest absolute Gasteiger partial charge is 0.251 e. The summed E-state index contributed by atoms with van der Waals surface area (Å²) in [4.78, 5) is 12.4. The first-order valence-corrected chi connectivity index (χ1v) is 9.48. The molecule has 1 aromatic carbocycles. The first kappa shape index (κ1) is 21.3. The van der Waals surface area contributed by atoms with E-state index in [0.29, 0.717) is 6.54 Å². The van der Waals surface area contributed by atoms with E-state index in [9.17, 15) is 13.2 Å². The van der Waals surface area contributed by atoms with Crippen LogP contribution in [0.2, 0.25) is 0 Å². The summed E-state index contributed by atoms with van der Waals surface area (Å²) in [5, 5.41) is 6.14. The van der Waals surface area contributed by atoms with E-state index in [0.717, 1.165) is 25.6 Å². The molecule has 3 N–H and O–H groups in total. The van der Waals surface area contributed by atoms with Crippen molar-refractivity contribution in [2.24, 2.45) is 0 Å². The molecule has 25 heavy (non-hydrogen) atoms. The van der Waals surface area contributed by atoms with Crippen LogP contribution in [0.3, 0.4) is 0 Å². The number of sulfonamides is 1. The lowest BCUT2D eigenvalue weighted by molar-refractivity contribution is 0.0950. The Morgan fingerprint density at radius 1 is 1.32 bits per heavy atom. The van der Waals surface area contributed by atoms with Crippen LogP contribution in [0.25, 0.3) is 0 Å². The van der Waals surface area contributed by atoms with Crippen LogP contribution in [0.4, 0.5) is 5.69 Å². The van der Waals surface area contributed by atoms with Gasteiger partial charge in [0.05, 0.1) is 26.2 Å². The van der Waals surface area contributed by atoms with Crippen molar-refractivity contribution in [3.8, 4) is 11.5 Å². The summed E-state index contributed by atoms with van der Waals surface area (Å²) in [6.45, 7) is 1.47. The van der Waals surface area contributed by atoms with Crippen molar-refractivity contribution in [2.45, 2.75) is 18.9 Å². The molecule has 0 radical (unpaired) electrons. The van der Waals surface area contributed by atoms with E-state index >= 15 is 0 Å². The minimum absolute atomic E-state index is 0. The van der Waals surface area contributed by atoms with Gasteiger partial charge in [0.15, 0.2) is 11.5 Å². The highest BCUT2D eigenvalue weighted by Gasteiger charge is 2.20. The molecule has 1 heterocycles. The number of rotatable bonds is 7. The predicted molar refractivity (Wildman–Crippen MR) is 98.6 cm³/mol. The maximum absolute atomic E-state index is 12.4. The molecule has 142 valence electrons. The zero-order valence-electron chi connectivity index (χ0n) is 14.4. The number of hydrogen-bond acceptors (Lipinski definition) is 6. The summed E-state index contributed by atoms with van der Waals surface area (Å²) < 4.78 is 35.8. The van der Waals surface area contributed by atoms with Gasteiger partial charge in [0.2, 0.25) is 10.0 Å². The number of benzene rings is 1. The van der Waals surface area contributed by atoms with E-state index in [4.69, 9.17) is 9.47 Å². The number of carbonyl (C=O) groups excluding carboxylic acids is 1. The van der Waals surface area contributed by atoms with Crippen molar-refractivity contribution in [2.75, 3.05) is 38.3 Å². The average molecular weight is 394 g/mol. The fourth-order valence-electron chi connectivity index (χ4n) is 2.62. The molecule has 1 amide bonds. The fraction of sp³-hybridized carbons (Fsp3) is 0.533. The number of methoxy groups -OCH3 is 2.